The van der Waals surface area contributed by atoms with E-state index in [9.17, 15) is 13.2 Å². The van der Waals surface area contributed by atoms with Crippen molar-refractivity contribution in [2.24, 2.45) is 0 Å². The normalized spacial score (nSPS) is 15.3. The second kappa shape index (κ2) is 10.6. The Hall–Kier alpha value is -4.21. The molecule has 1 aliphatic rings. The van der Waals surface area contributed by atoms with Crippen LogP contribution in [0.25, 0.3) is 22.4 Å². The fourth-order valence-electron chi connectivity index (χ4n) is 4.71. The Morgan fingerprint density at radius 2 is 1.82 bits per heavy atom. The number of pyridine rings is 2. The molecular weight excluding hydrogens is 493 g/mol. The summed E-state index contributed by atoms with van der Waals surface area (Å²) in [6, 6.07) is 14.7. The molecule has 0 bridgehead atoms. The monoisotopic (exact) mass is 520 g/mol. The third-order valence-corrected chi connectivity index (χ3v) is 6.49. The average Bonchev–Trinajstić information content (AvgIpc) is 3.33. The van der Waals surface area contributed by atoms with Gasteiger partial charge < -0.3 is 15.4 Å². The minimum atomic E-state index is -2.78. The van der Waals surface area contributed by atoms with Gasteiger partial charge in [-0.1, -0.05) is 6.07 Å². The topological polar surface area (TPSA) is 90.0 Å². The number of nitrogens with two attached hydrogens (primary N) is 1. The van der Waals surface area contributed by atoms with Crippen LogP contribution in [-0.2, 0) is 6.61 Å². The average molecular weight is 521 g/mol. The SMILES string of the molecule is Cc1cc(-c2c(OCc3cccc(N4CCCC4C)n3)nc(N)nc2-c2ccc(F)cc2)cc(C(F)F)n1. The maximum Gasteiger partial charge on any atom is 0.280 e. The number of alkyl halides is 2. The molecule has 0 aliphatic carbocycles. The quantitative estimate of drug-likeness (QED) is 0.313. The highest BCUT2D eigenvalue weighted by Crippen LogP contribution is 2.39. The van der Waals surface area contributed by atoms with Crippen LogP contribution in [0.5, 0.6) is 5.88 Å². The van der Waals surface area contributed by atoms with Crippen LogP contribution in [0.3, 0.4) is 0 Å². The fourth-order valence-corrected chi connectivity index (χ4v) is 4.71. The van der Waals surface area contributed by atoms with Crippen molar-refractivity contribution in [2.45, 2.75) is 45.8 Å². The van der Waals surface area contributed by atoms with Crippen molar-refractivity contribution in [1.82, 2.24) is 19.9 Å². The number of anilines is 2. The van der Waals surface area contributed by atoms with E-state index in [2.05, 4.69) is 26.8 Å². The largest absolute Gasteiger partial charge is 0.471 e. The highest BCUT2D eigenvalue weighted by molar-refractivity contribution is 5.85. The van der Waals surface area contributed by atoms with Gasteiger partial charge in [-0.25, -0.2) is 23.1 Å². The summed E-state index contributed by atoms with van der Waals surface area (Å²) in [5.74, 6) is 0.476. The van der Waals surface area contributed by atoms with Crippen LogP contribution < -0.4 is 15.4 Å². The molecule has 1 atom stereocenters. The highest BCUT2D eigenvalue weighted by atomic mass is 19.3. The summed E-state index contributed by atoms with van der Waals surface area (Å²) < 4.78 is 47.1. The molecule has 4 heterocycles. The minimum Gasteiger partial charge on any atom is -0.471 e. The molecule has 1 fully saturated rings. The van der Waals surface area contributed by atoms with E-state index in [4.69, 9.17) is 15.5 Å². The smallest absolute Gasteiger partial charge is 0.280 e. The van der Waals surface area contributed by atoms with E-state index >= 15 is 0 Å². The van der Waals surface area contributed by atoms with Gasteiger partial charge in [0.2, 0.25) is 11.8 Å². The standard InChI is InChI=1S/C28H27F3N6O/c1-16-13-19(14-22(33-16)26(30)31)24-25(18-8-10-20(29)11-9-18)35-28(32)36-27(24)38-15-21-6-3-7-23(34-21)37-12-4-5-17(37)2/h3,6-11,13-14,17,26H,4-5,12,15H2,1-2H3,(H2,32,35,36). The molecule has 0 radical (unpaired) electrons. The van der Waals surface area contributed by atoms with Crippen LogP contribution in [0.2, 0.25) is 0 Å². The predicted octanol–water partition coefficient (Wildman–Crippen LogP) is 6.14. The number of aryl methyl sites for hydroxylation is 1. The second-order valence-electron chi connectivity index (χ2n) is 9.30. The van der Waals surface area contributed by atoms with Crippen LogP contribution in [0.1, 0.15) is 43.3 Å². The van der Waals surface area contributed by atoms with Gasteiger partial charge in [-0.15, -0.1) is 0 Å². The number of nitrogens with zero attached hydrogens (tertiary/aromatic N) is 5. The van der Waals surface area contributed by atoms with E-state index < -0.39 is 12.2 Å². The summed E-state index contributed by atoms with van der Waals surface area (Å²) in [5, 5.41) is 0. The first-order chi connectivity index (χ1) is 18.3. The highest BCUT2D eigenvalue weighted by Gasteiger charge is 2.23. The molecule has 1 aromatic carbocycles. The lowest BCUT2D eigenvalue weighted by Crippen LogP contribution is -2.27. The zero-order valence-electron chi connectivity index (χ0n) is 21.0. The number of nitrogen functional groups attached to an aromatic ring is 1. The molecule has 10 heteroatoms. The summed E-state index contributed by atoms with van der Waals surface area (Å²) in [6.07, 6.45) is -0.545. The van der Waals surface area contributed by atoms with Gasteiger partial charge in [-0.2, -0.15) is 4.98 Å². The van der Waals surface area contributed by atoms with Crippen LogP contribution in [0, 0.1) is 12.7 Å². The molecule has 0 amide bonds. The van der Waals surface area contributed by atoms with Crippen LogP contribution in [-0.4, -0.2) is 32.5 Å². The Morgan fingerprint density at radius 3 is 2.53 bits per heavy atom. The van der Waals surface area contributed by atoms with Gasteiger partial charge in [-0.05, 0) is 80.8 Å². The summed E-state index contributed by atoms with van der Waals surface area (Å²) in [7, 11) is 0. The molecule has 4 aromatic rings. The molecule has 3 aromatic heterocycles. The van der Waals surface area contributed by atoms with Crippen molar-refractivity contribution in [3.63, 3.8) is 0 Å². The first-order valence-electron chi connectivity index (χ1n) is 12.3. The predicted molar refractivity (Wildman–Crippen MR) is 139 cm³/mol. The summed E-state index contributed by atoms with van der Waals surface area (Å²) >= 11 is 0. The maximum atomic E-state index is 13.7. The molecule has 196 valence electrons. The maximum absolute atomic E-state index is 13.7. The van der Waals surface area contributed by atoms with Crippen LogP contribution in [0.4, 0.5) is 24.9 Å². The molecule has 1 aliphatic heterocycles. The molecular formula is C28H27F3N6O. The van der Waals surface area contributed by atoms with Gasteiger partial charge in [0.25, 0.3) is 6.43 Å². The zero-order valence-corrected chi connectivity index (χ0v) is 21.0. The Morgan fingerprint density at radius 1 is 1.03 bits per heavy atom. The van der Waals surface area contributed by atoms with E-state index in [1.54, 1.807) is 13.0 Å². The van der Waals surface area contributed by atoms with Crippen molar-refractivity contribution in [2.75, 3.05) is 17.2 Å². The zero-order chi connectivity index (χ0) is 26.8. The first-order valence-corrected chi connectivity index (χ1v) is 12.3. The lowest BCUT2D eigenvalue weighted by atomic mass is 9.99. The second-order valence-corrected chi connectivity index (χ2v) is 9.30. The Balaban J connectivity index is 1.58. The van der Waals surface area contributed by atoms with Gasteiger partial charge in [0, 0.05) is 23.8 Å². The van der Waals surface area contributed by atoms with Gasteiger partial charge in [-0.3, -0.25) is 4.98 Å². The summed E-state index contributed by atoms with van der Waals surface area (Å²) in [5.41, 5.74) is 8.30. The molecule has 5 rings (SSSR count). The van der Waals surface area contributed by atoms with Crippen molar-refractivity contribution < 1.29 is 17.9 Å². The van der Waals surface area contributed by atoms with E-state index in [1.807, 2.05) is 18.2 Å². The van der Waals surface area contributed by atoms with Gasteiger partial charge >= 0.3 is 0 Å². The van der Waals surface area contributed by atoms with Crippen molar-refractivity contribution in [3.8, 4) is 28.3 Å². The number of ether oxygens (including phenoxy) is 1. The molecule has 1 unspecified atom stereocenters. The Labute approximate surface area is 218 Å². The molecule has 1 saturated heterocycles. The molecule has 7 nitrogen and oxygen atoms in total. The fraction of sp³-hybridized carbons (Fsp3) is 0.286. The van der Waals surface area contributed by atoms with E-state index in [1.165, 1.54) is 30.3 Å². The number of rotatable bonds is 7. The molecule has 0 spiro atoms. The minimum absolute atomic E-state index is 0.0636. The van der Waals surface area contributed by atoms with Gasteiger partial charge in [0.1, 0.15) is 23.9 Å². The lowest BCUT2D eigenvalue weighted by molar-refractivity contribution is 0.146. The molecule has 38 heavy (non-hydrogen) atoms. The van der Waals surface area contributed by atoms with Crippen molar-refractivity contribution >= 4 is 11.8 Å². The van der Waals surface area contributed by atoms with Gasteiger partial charge in [0.15, 0.2) is 0 Å². The van der Waals surface area contributed by atoms with Crippen LogP contribution in [0.15, 0.2) is 54.6 Å². The van der Waals surface area contributed by atoms with E-state index in [-0.39, 0.29) is 24.1 Å². The summed E-state index contributed by atoms with van der Waals surface area (Å²) in [6.45, 7) is 4.81. The number of halogens is 3. The number of hydrogen-bond donors (Lipinski definition) is 1. The third-order valence-electron chi connectivity index (χ3n) is 6.49. The number of benzene rings is 1. The number of hydrogen-bond acceptors (Lipinski definition) is 7. The first kappa shape index (κ1) is 25.4. The van der Waals surface area contributed by atoms with E-state index in [0.29, 0.717) is 39.8 Å². The Bertz CT molecular complexity index is 1450. The third kappa shape index (κ3) is 5.39. The van der Waals surface area contributed by atoms with E-state index in [0.717, 1.165) is 25.2 Å². The Kier molecular flexibility index (Phi) is 7.13. The number of aromatic nitrogens is 4. The molecule has 0 saturated carbocycles. The lowest BCUT2D eigenvalue weighted by Gasteiger charge is -2.23. The summed E-state index contributed by atoms with van der Waals surface area (Å²) in [4.78, 5) is 19.7. The molecule has 2 N–H and O–H groups in total. The van der Waals surface area contributed by atoms with Crippen molar-refractivity contribution in [1.29, 1.82) is 0 Å². The van der Waals surface area contributed by atoms with Gasteiger partial charge in [0.05, 0.1) is 17.0 Å². The van der Waals surface area contributed by atoms with Crippen molar-refractivity contribution in [3.05, 3.63) is 77.5 Å². The van der Waals surface area contributed by atoms with Crippen LogP contribution >= 0.6 is 0 Å².